The maximum atomic E-state index is 10.9. The second kappa shape index (κ2) is 5.52. The molecule has 4 heteroatoms. The smallest absolute Gasteiger partial charge is 0.354 e. The molecule has 0 saturated heterocycles. The normalized spacial score (nSPS) is 10.2. The largest absolute Gasteiger partial charge is 0.477 e. The van der Waals surface area contributed by atoms with Crippen molar-refractivity contribution in [3.05, 3.63) is 59.4 Å². The highest BCUT2D eigenvalue weighted by Gasteiger charge is 2.08. The van der Waals surface area contributed by atoms with Gasteiger partial charge in [0.05, 0.1) is 0 Å². The number of aromatic carboxylic acids is 1. The number of rotatable bonds is 4. The number of carboxylic acids is 1. The van der Waals surface area contributed by atoms with Crippen LogP contribution in [0.25, 0.3) is 0 Å². The van der Waals surface area contributed by atoms with Crippen molar-refractivity contribution < 1.29 is 9.90 Å². The first-order chi connectivity index (χ1) is 9.06. The maximum absolute atomic E-state index is 10.9. The van der Waals surface area contributed by atoms with Crippen LogP contribution in [0.1, 0.15) is 21.6 Å². The summed E-state index contributed by atoms with van der Waals surface area (Å²) in [6.07, 6.45) is 1.52. The van der Waals surface area contributed by atoms with Crippen molar-refractivity contribution >= 4 is 11.7 Å². The van der Waals surface area contributed by atoms with E-state index in [1.165, 1.54) is 17.3 Å². The lowest BCUT2D eigenvalue weighted by Gasteiger charge is -2.19. The zero-order chi connectivity index (χ0) is 13.8. The van der Waals surface area contributed by atoms with Crippen LogP contribution in [0.2, 0.25) is 0 Å². The molecule has 0 bridgehead atoms. The summed E-state index contributed by atoms with van der Waals surface area (Å²) in [6.45, 7) is 2.78. The number of aromatic nitrogens is 1. The Kier molecular flexibility index (Phi) is 3.80. The Morgan fingerprint density at radius 1 is 1.32 bits per heavy atom. The van der Waals surface area contributed by atoms with Gasteiger partial charge in [0.25, 0.3) is 0 Å². The molecule has 0 unspecified atom stereocenters. The fraction of sp³-hybridized carbons (Fsp3) is 0.200. The van der Waals surface area contributed by atoms with Gasteiger partial charge in [-0.1, -0.05) is 29.8 Å². The Bertz CT molecular complexity index is 596. The van der Waals surface area contributed by atoms with E-state index in [4.69, 9.17) is 5.11 Å². The predicted octanol–water partition coefficient (Wildman–Crippen LogP) is 2.72. The first kappa shape index (κ1) is 13.1. The molecule has 1 aromatic carbocycles. The molecule has 0 aliphatic heterocycles. The Balaban J connectivity index is 2.18. The summed E-state index contributed by atoms with van der Waals surface area (Å²) < 4.78 is 0. The van der Waals surface area contributed by atoms with E-state index in [1.807, 2.05) is 24.1 Å². The summed E-state index contributed by atoms with van der Waals surface area (Å²) in [7, 11) is 1.93. The highest BCUT2D eigenvalue weighted by atomic mass is 16.4. The molecule has 0 amide bonds. The lowest BCUT2D eigenvalue weighted by Crippen LogP contribution is -2.17. The molecule has 0 atom stereocenters. The van der Waals surface area contributed by atoms with Gasteiger partial charge in [0.1, 0.15) is 5.69 Å². The van der Waals surface area contributed by atoms with Crippen LogP contribution in [-0.4, -0.2) is 23.1 Å². The summed E-state index contributed by atoms with van der Waals surface area (Å²) in [6, 6.07) is 11.6. The third kappa shape index (κ3) is 3.31. The van der Waals surface area contributed by atoms with Gasteiger partial charge in [0.15, 0.2) is 0 Å². The predicted molar refractivity (Wildman–Crippen MR) is 74.5 cm³/mol. The Hall–Kier alpha value is -2.36. The standard InChI is InChI=1S/C15H16N2O2/c1-11-4-3-5-12(8-11)10-17(2)13-6-7-16-14(9-13)15(18)19/h3-9H,10H2,1-2H3,(H,18,19). The maximum Gasteiger partial charge on any atom is 0.354 e. The Morgan fingerprint density at radius 2 is 2.11 bits per heavy atom. The molecule has 0 spiro atoms. The van der Waals surface area contributed by atoms with Crippen LogP contribution in [0.4, 0.5) is 5.69 Å². The van der Waals surface area contributed by atoms with Gasteiger partial charge in [0, 0.05) is 25.5 Å². The Morgan fingerprint density at radius 3 is 2.79 bits per heavy atom. The number of carbonyl (C=O) groups is 1. The van der Waals surface area contributed by atoms with Crippen molar-refractivity contribution in [1.29, 1.82) is 0 Å². The SMILES string of the molecule is Cc1cccc(CN(C)c2ccnc(C(=O)O)c2)c1. The number of benzene rings is 1. The fourth-order valence-corrected chi connectivity index (χ4v) is 1.95. The number of aryl methyl sites for hydroxylation is 1. The van der Waals surface area contributed by atoms with Gasteiger partial charge in [-0.25, -0.2) is 9.78 Å². The molecule has 1 aromatic heterocycles. The summed E-state index contributed by atoms with van der Waals surface area (Å²) >= 11 is 0. The van der Waals surface area contributed by atoms with E-state index in [1.54, 1.807) is 6.07 Å². The van der Waals surface area contributed by atoms with Crippen LogP contribution in [0.15, 0.2) is 42.6 Å². The molecule has 1 N–H and O–H groups in total. The van der Waals surface area contributed by atoms with Gasteiger partial charge >= 0.3 is 5.97 Å². The number of hydrogen-bond acceptors (Lipinski definition) is 3. The number of nitrogens with zero attached hydrogens (tertiary/aromatic N) is 2. The molecule has 0 aliphatic rings. The minimum absolute atomic E-state index is 0.0635. The van der Waals surface area contributed by atoms with E-state index < -0.39 is 5.97 Å². The van der Waals surface area contributed by atoms with Crippen molar-refractivity contribution in [3.8, 4) is 0 Å². The minimum atomic E-state index is -1.01. The third-order valence-corrected chi connectivity index (χ3v) is 2.91. The number of pyridine rings is 1. The zero-order valence-corrected chi connectivity index (χ0v) is 11.0. The van der Waals surface area contributed by atoms with Crippen LogP contribution in [0.3, 0.4) is 0 Å². The monoisotopic (exact) mass is 256 g/mol. The summed E-state index contributed by atoms with van der Waals surface area (Å²) in [5.74, 6) is -1.01. The molecule has 0 fully saturated rings. The quantitative estimate of drug-likeness (QED) is 0.913. The lowest BCUT2D eigenvalue weighted by molar-refractivity contribution is 0.0690. The molecule has 0 radical (unpaired) electrons. The molecular weight excluding hydrogens is 240 g/mol. The zero-order valence-electron chi connectivity index (χ0n) is 11.0. The molecule has 2 rings (SSSR count). The van der Waals surface area contributed by atoms with E-state index in [0.29, 0.717) is 0 Å². The summed E-state index contributed by atoms with van der Waals surface area (Å²) in [5.41, 5.74) is 3.31. The fourth-order valence-electron chi connectivity index (χ4n) is 1.95. The summed E-state index contributed by atoms with van der Waals surface area (Å²) in [5, 5.41) is 8.94. The van der Waals surface area contributed by atoms with Crippen LogP contribution in [0.5, 0.6) is 0 Å². The minimum Gasteiger partial charge on any atom is -0.477 e. The van der Waals surface area contributed by atoms with Crippen LogP contribution < -0.4 is 4.90 Å². The highest BCUT2D eigenvalue weighted by molar-refractivity contribution is 5.86. The van der Waals surface area contributed by atoms with E-state index in [2.05, 4.69) is 30.1 Å². The van der Waals surface area contributed by atoms with Crippen molar-refractivity contribution in [2.75, 3.05) is 11.9 Å². The molecule has 1 heterocycles. The van der Waals surface area contributed by atoms with Gasteiger partial charge in [-0.05, 0) is 24.6 Å². The Labute approximate surface area is 112 Å². The van der Waals surface area contributed by atoms with Crippen molar-refractivity contribution in [2.45, 2.75) is 13.5 Å². The molecular formula is C15H16N2O2. The third-order valence-electron chi connectivity index (χ3n) is 2.91. The van der Waals surface area contributed by atoms with E-state index in [9.17, 15) is 4.79 Å². The van der Waals surface area contributed by atoms with Crippen molar-refractivity contribution in [3.63, 3.8) is 0 Å². The number of anilines is 1. The molecule has 0 saturated carbocycles. The van der Waals surface area contributed by atoms with Crippen LogP contribution in [0, 0.1) is 6.92 Å². The van der Waals surface area contributed by atoms with E-state index >= 15 is 0 Å². The molecule has 2 aromatic rings. The van der Waals surface area contributed by atoms with Crippen LogP contribution in [-0.2, 0) is 6.54 Å². The van der Waals surface area contributed by atoms with Crippen LogP contribution >= 0.6 is 0 Å². The topological polar surface area (TPSA) is 53.4 Å². The first-order valence-corrected chi connectivity index (χ1v) is 6.02. The van der Waals surface area contributed by atoms with E-state index in [0.717, 1.165) is 12.2 Å². The highest BCUT2D eigenvalue weighted by Crippen LogP contribution is 2.16. The average Bonchev–Trinajstić information content (AvgIpc) is 2.39. The first-order valence-electron chi connectivity index (χ1n) is 6.02. The second-order valence-corrected chi connectivity index (χ2v) is 4.55. The number of hydrogen-bond donors (Lipinski definition) is 1. The second-order valence-electron chi connectivity index (χ2n) is 4.55. The van der Waals surface area contributed by atoms with Gasteiger partial charge in [0.2, 0.25) is 0 Å². The van der Waals surface area contributed by atoms with Gasteiger partial charge in [-0.15, -0.1) is 0 Å². The summed E-state index contributed by atoms with van der Waals surface area (Å²) in [4.78, 5) is 16.7. The lowest BCUT2D eigenvalue weighted by atomic mass is 10.1. The van der Waals surface area contributed by atoms with Crippen molar-refractivity contribution in [2.24, 2.45) is 0 Å². The molecule has 4 nitrogen and oxygen atoms in total. The van der Waals surface area contributed by atoms with E-state index in [-0.39, 0.29) is 5.69 Å². The van der Waals surface area contributed by atoms with Gasteiger partial charge < -0.3 is 10.0 Å². The molecule has 19 heavy (non-hydrogen) atoms. The molecule has 98 valence electrons. The van der Waals surface area contributed by atoms with Gasteiger partial charge in [-0.2, -0.15) is 0 Å². The molecule has 0 aliphatic carbocycles. The average molecular weight is 256 g/mol. The number of carboxylic acid groups (broad SMARTS) is 1. The van der Waals surface area contributed by atoms with Gasteiger partial charge in [-0.3, -0.25) is 0 Å². The van der Waals surface area contributed by atoms with Crippen molar-refractivity contribution in [1.82, 2.24) is 4.98 Å².